The first-order valence-electron chi connectivity index (χ1n) is 22.7. The maximum Gasteiger partial charge on any atom is 0.472 e. The topological polar surface area (TPSA) is 117 Å². The highest BCUT2D eigenvalue weighted by Crippen LogP contribution is 2.43. The zero-order chi connectivity index (χ0) is 42.3. The van der Waals surface area contributed by atoms with Gasteiger partial charge in [-0.1, -0.05) is 169 Å². The molecule has 0 aliphatic heterocycles. The van der Waals surface area contributed by atoms with E-state index < -0.39 is 13.9 Å². The molecular weight excluding hydrogens is 746 g/mol. The number of nitrogens with two attached hydrogens (primary N) is 1. The van der Waals surface area contributed by atoms with Crippen molar-refractivity contribution in [3.8, 4) is 0 Å². The first-order valence-corrected chi connectivity index (χ1v) is 24.2. The molecule has 2 unspecified atom stereocenters. The fourth-order valence-electron chi connectivity index (χ4n) is 5.74. The lowest BCUT2D eigenvalue weighted by Gasteiger charge is -2.20. The van der Waals surface area contributed by atoms with Crippen molar-refractivity contribution in [3.63, 3.8) is 0 Å². The van der Waals surface area contributed by atoms with E-state index in [1.54, 1.807) is 0 Å². The van der Waals surface area contributed by atoms with Gasteiger partial charge in [-0.2, -0.15) is 0 Å². The van der Waals surface area contributed by atoms with Gasteiger partial charge in [-0.15, -0.1) is 0 Å². The summed E-state index contributed by atoms with van der Waals surface area (Å²) in [5.41, 5.74) is 5.37. The van der Waals surface area contributed by atoms with Crippen molar-refractivity contribution in [3.05, 3.63) is 97.2 Å². The van der Waals surface area contributed by atoms with Gasteiger partial charge in [-0.25, -0.2) is 4.57 Å². The van der Waals surface area contributed by atoms with E-state index >= 15 is 0 Å². The molecule has 0 heterocycles. The van der Waals surface area contributed by atoms with Gasteiger partial charge >= 0.3 is 13.8 Å². The number of carbonyl (C=O) groups is 1. The van der Waals surface area contributed by atoms with Crippen molar-refractivity contribution in [1.82, 2.24) is 0 Å². The van der Waals surface area contributed by atoms with Crippen LogP contribution in [0.2, 0.25) is 0 Å². The molecule has 0 saturated carbocycles. The maximum absolute atomic E-state index is 12.6. The van der Waals surface area contributed by atoms with Crippen LogP contribution in [-0.4, -0.2) is 49.9 Å². The molecule has 2 atom stereocenters. The summed E-state index contributed by atoms with van der Waals surface area (Å²) in [6.45, 7) is 4.62. The van der Waals surface area contributed by atoms with Crippen LogP contribution in [0.1, 0.15) is 168 Å². The zero-order valence-electron chi connectivity index (χ0n) is 36.7. The minimum absolute atomic E-state index is 0.0902. The summed E-state index contributed by atoms with van der Waals surface area (Å²) in [6, 6.07) is 0. The van der Waals surface area contributed by atoms with Crippen LogP contribution >= 0.6 is 7.82 Å². The molecule has 0 amide bonds. The van der Waals surface area contributed by atoms with E-state index in [1.807, 2.05) is 0 Å². The van der Waals surface area contributed by atoms with Crippen molar-refractivity contribution in [2.75, 3.05) is 33.0 Å². The van der Waals surface area contributed by atoms with Crippen LogP contribution in [0.3, 0.4) is 0 Å². The number of hydrogen-bond donors (Lipinski definition) is 2. The lowest BCUT2D eigenvalue weighted by molar-refractivity contribution is -0.154. The van der Waals surface area contributed by atoms with Crippen molar-refractivity contribution < 1.29 is 32.8 Å². The molecule has 0 aliphatic carbocycles. The number of allylic oxidation sites excluding steroid dienone is 16. The Morgan fingerprint density at radius 1 is 0.517 bits per heavy atom. The average molecular weight is 830 g/mol. The molecule has 0 bridgehead atoms. The predicted octanol–water partition coefficient (Wildman–Crippen LogP) is 13.9. The Hall–Kier alpha value is -2.58. The van der Waals surface area contributed by atoms with E-state index in [1.165, 1.54) is 38.5 Å². The molecule has 0 radical (unpaired) electrons. The average Bonchev–Trinajstić information content (AvgIpc) is 3.21. The van der Waals surface area contributed by atoms with E-state index in [0.29, 0.717) is 13.0 Å². The van der Waals surface area contributed by atoms with Crippen molar-refractivity contribution in [2.24, 2.45) is 5.73 Å². The van der Waals surface area contributed by atoms with Crippen LogP contribution in [0.15, 0.2) is 97.2 Å². The Morgan fingerprint density at radius 2 is 0.914 bits per heavy atom. The quantitative estimate of drug-likeness (QED) is 0.0270. The molecule has 8 nitrogen and oxygen atoms in total. The number of phosphoric ester groups is 1. The van der Waals surface area contributed by atoms with Gasteiger partial charge in [0, 0.05) is 19.6 Å². The van der Waals surface area contributed by atoms with E-state index in [-0.39, 0.29) is 32.3 Å². The smallest absolute Gasteiger partial charge is 0.457 e. The van der Waals surface area contributed by atoms with Crippen LogP contribution in [0.4, 0.5) is 0 Å². The molecule has 0 saturated heterocycles. The molecule has 0 rings (SSSR count). The van der Waals surface area contributed by atoms with Crippen LogP contribution in [0.5, 0.6) is 0 Å². The number of unbranched alkanes of at least 4 members (excludes halogenated alkanes) is 13. The molecule has 0 fully saturated rings. The van der Waals surface area contributed by atoms with Gasteiger partial charge in [-0.05, 0) is 89.9 Å². The van der Waals surface area contributed by atoms with Crippen molar-refractivity contribution >= 4 is 13.8 Å². The summed E-state index contributed by atoms with van der Waals surface area (Å²) in [6.07, 6.45) is 60.0. The number of hydrogen-bond acceptors (Lipinski definition) is 7. The highest BCUT2D eigenvalue weighted by molar-refractivity contribution is 7.47. The van der Waals surface area contributed by atoms with E-state index in [0.717, 1.165) is 109 Å². The molecule has 0 aliphatic rings. The molecular formula is C49H84NO7P. The number of phosphoric acid groups is 1. The van der Waals surface area contributed by atoms with Crippen LogP contribution < -0.4 is 5.73 Å². The molecule has 0 aromatic carbocycles. The van der Waals surface area contributed by atoms with Crippen LogP contribution in [0, 0.1) is 0 Å². The van der Waals surface area contributed by atoms with Gasteiger partial charge in [0.05, 0.1) is 19.8 Å². The Labute approximate surface area is 355 Å². The monoisotopic (exact) mass is 830 g/mol. The fraction of sp³-hybridized carbons (Fsp3) is 0.653. The van der Waals surface area contributed by atoms with Gasteiger partial charge in [-0.3, -0.25) is 13.8 Å². The summed E-state index contributed by atoms with van der Waals surface area (Å²) in [5.74, 6) is -0.350. The maximum atomic E-state index is 12.6. The summed E-state index contributed by atoms with van der Waals surface area (Å²) < 4.78 is 33.5. The third-order valence-electron chi connectivity index (χ3n) is 9.00. The minimum Gasteiger partial charge on any atom is -0.457 e. The fourth-order valence-corrected chi connectivity index (χ4v) is 6.51. The molecule has 0 spiro atoms. The van der Waals surface area contributed by atoms with Crippen LogP contribution in [0.25, 0.3) is 0 Å². The lowest BCUT2D eigenvalue weighted by Crippen LogP contribution is -2.28. The van der Waals surface area contributed by atoms with E-state index in [4.69, 9.17) is 24.3 Å². The number of esters is 1. The summed E-state index contributed by atoms with van der Waals surface area (Å²) >= 11 is 0. The Morgan fingerprint density at radius 3 is 1.36 bits per heavy atom. The second-order valence-electron chi connectivity index (χ2n) is 14.5. The standard InChI is InChI=1S/C49H84NO7P/c1-3-5-7-9-11-13-15-17-19-21-22-23-24-25-27-29-31-33-35-37-39-41-44-54-46-48(47-56-58(52,53)55-45-43-50)57-49(51)42-40-38-36-34-32-30-28-26-20-18-16-14-12-10-8-6-4-2/h5-8,11-14,17-20,22-23,25,27,48H,3-4,9-10,15-16,21,24,26,28-47,50H2,1-2H3,(H,52,53)/b7-5-,8-6-,13-11-,14-12-,19-17-,20-18-,23-22-,27-25-. The van der Waals surface area contributed by atoms with Crippen LogP contribution in [-0.2, 0) is 27.9 Å². The SMILES string of the molecule is CC/C=C\C/C=C\C/C=C\C/C=C\C/C=C\CCCCCCCCOCC(COP(=O)(O)OCCN)OC(=O)CCCCCCCCC/C=C\C/C=C\C/C=C\CC. The second kappa shape index (κ2) is 45.5. The highest BCUT2D eigenvalue weighted by atomic mass is 31.2. The molecule has 58 heavy (non-hydrogen) atoms. The molecule has 0 aromatic rings. The summed E-state index contributed by atoms with van der Waals surface area (Å²) in [4.78, 5) is 22.5. The predicted molar refractivity (Wildman–Crippen MR) is 247 cm³/mol. The first kappa shape index (κ1) is 55.4. The summed E-state index contributed by atoms with van der Waals surface area (Å²) in [7, 11) is -4.29. The number of ether oxygens (including phenoxy) is 2. The minimum atomic E-state index is -4.29. The molecule has 9 heteroatoms. The van der Waals surface area contributed by atoms with Gasteiger partial charge in [0.25, 0.3) is 0 Å². The third-order valence-corrected chi connectivity index (χ3v) is 9.98. The Bertz CT molecular complexity index is 1200. The van der Waals surface area contributed by atoms with Gasteiger partial charge in [0.15, 0.2) is 0 Å². The first-order chi connectivity index (χ1) is 28.4. The largest absolute Gasteiger partial charge is 0.472 e. The van der Waals surface area contributed by atoms with Crippen molar-refractivity contribution in [2.45, 2.75) is 174 Å². The third kappa shape index (κ3) is 44.5. The van der Waals surface area contributed by atoms with Gasteiger partial charge in [0.2, 0.25) is 0 Å². The molecule has 3 N–H and O–H groups in total. The molecule has 0 aromatic heterocycles. The van der Waals surface area contributed by atoms with Gasteiger partial charge in [0.1, 0.15) is 6.10 Å². The molecule has 332 valence electrons. The summed E-state index contributed by atoms with van der Waals surface area (Å²) in [5, 5.41) is 0. The Kier molecular flexibility index (Phi) is 43.5. The second-order valence-corrected chi connectivity index (χ2v) is 16.0. The zero-order valence-corrected chi connectivity index (χ0v) is 37.6. The number of carbonyl (C=O) groups excluding carboxylic acids is 1. The van der Waals surface area contributed by atoms with E-state index in [9.17, 15) is 14.3 Å². The number of rotatable bonds is 42. The Balaban J connectivity index is 4.08. The normalized spacial score (nSPS) is 14.3. The van der Waals surface area contributed by atoms with Gasteiger partial charge < -0.3 is 20.1 Å². The van der Waals surface area contributed by atoms with Crippen molar-refractivity contribution in [1.29, 1.82) is 0 Å². The lowest BCUT2D eigenvalue weighted by atomic mass is 10.1. The highest BCUT2D eigenvalue weighted by Gasteiger charge is 2.25. The van der Waals surface area contributed by atoms with E-state index in [2.05, 4.69) is 111 Å².